The van der Waals surface area contributed by atoms with Crippen LogP contribution in [0.5, 0.6) is 0 Å². The van der Waals surface area contributed by atoms with Gasteiger partial charge in [0.15, 0.2) is 14.6 Å². The Labute approximate surface area is 140 Å². The van der Waals surface area contributed by atoms with Crippen LogP contribution >= 0.6 is 0 Å². The van der Waals surface area contributed by atoms with Gasteiger partial charge in [0.2, 0.25) is 0 Å². The van der Waals surface area contributed by atoms with E-state index >= 15 is 0 Å². The summed E-state index contributed by atoms with van der Waals surface area (Å²) in [6, 6.07) is 4.66. The van der Waals surface area contributed by atoms with E-state index in [0.29, 0.717) is 5.92 Å². The lowest BCUT2D eigenvalue weighted by Crippen LogP contribution is -2.21. The van der Waals surface area contributed by atoms with Crippen molar-refractivity contribution in [3.8, 4) is 0 Å². The molecule has 0 amide bonds. The minimum Gasteiger partial charge on any atom is -0.0990 e. The molecular weight excluding hydrogens is 274 g/mol. The zero-order valence-electron chi connectivity index (χ0n) is 13.6. The van der Waals surface area contributed by atoms with E-state index in [1.54, 1.807) is 0 Å². The first-order valence-corrected chi connectivity index (χ1v) is 8.19. The minimum atomic E-state index is 0.496. The average molecular weight is 292 g/mol. The van der Waals surface area contributed by atoms with E-state index in [1.165, 1.54) is 44.1 Å². The summed E-state index contributed by atoms with van der Waals surface area (Å²) in [6.07, 6.45) is 15.2. The molecule has 23 heavy (non-hydrogen) atoms. The third kappa shape index (κ3) is 2.25. The van der Waals surface area contributed by atoms with Crippen LogP contribution in [0, 0.1) is 5.92 Å². The van der Waals surface area contributed by atoms with Gasteiger partial charge in [0.25, 0.3) is 0 Å². The second-order valence-corrected chi connectivity index (χ2v) is 6.32. The summed E-state index contributed by atoms with van der Waals surface area (Å²) in [7, 11) is 4.59. The topological polar surface area (TPSA) is 0 Å². The fraction of sp³-hybridized carbons (Fsp3) is 0.143. The van der Waals surface area contributed by atoms with Gasteiger partial charge in [0.1, 0.15) is 0 Å². The number of allylic oxidation sites excluding steroid dienone is 11. The monoisotopic (exact) mass is 292 g/mol. The van der Waals surface area contributed by atoms with Gasteiger partial charge < -0.3 is 0 Å². The molecule has 0 nitrogen and oxygen atoms in total. The highest BCUT2D eigenvalue weighted by atomic mass is 14.2. The van der Waals surface area contributed by atoms with Gasteiger partial charge in [-0.05, 0) is 35.1 Å². The van der Waals surface area contributed by atoms with Gasteiger partial charge in [-0.15, -0.1) is 0 Å². The number of benzene rings is 1. The van der Waals surface area contributed by atoms with Gasteiger partial charge in [-0.2, -0.15) is 0 Å². The summed E-state index contributed by atoms with van der Waals surface area (Å²) < 4.78 is 0. The predicted octanol–water partition coefficient (Wildman–Crippen LogP) is 3.32. The molecule has 0 N–H and O–H groups in total. The van der Waals surface area contributed by atoms with E-state index < -0.39 is 0 Å². The van der Waals surface area contributed by atoms with Crippen molar-refractivity contribution in [2.24, 2.45) is 5.92 Å². The van der Waals surface area contributed by atoms with Crippen molar-refractivity contribution in [2.45, 2.75) is 13.8 Å². The summed E-state index contributed by atoms with van der Waals surface area (Å²) in [5, 5.41) is 0. The number of hydrogen-bond donors (Lipinski definition) is 0. The maximum atomic E-state index is 3.86. The molecule has 0 unspecified atom stereocenters. The number of rotatable bonds is 1. The SMILES string of the molecule is C=CC=C1/C(=C\C)[B]c2cc3c(cc21)[B]C1=C3C=C[C@@H](C)C=C1. The Bertz CT molecular complexity index is 860. The molecule has 2 radical (unpaired) electrons. The van der Waals surface area contributed by atoms with E-state index in [0.717, 1.165) is 0 Å². The molecule has 0 spiro atoms. The van der Waals surface area contributed by atoms with Crippen molar-refractivity contribution in [3.05, 3.63) is 83.3 Å². The van der Waals surface area contributed by atoms with Crippen molar-refractivity contribution in [3.63, 3.8) is 0 Å². The minimum absolute atomic E-state index is 0.496. The standard InChI is InChI=1S/C21H18B2/c1-4-6-14-16-11-21-17(12-20(16)22-18(14)5-2)15-9-7-13(3)8-10-19(15)23-21/h4-13H,1H2,2-3H3/b14-6?,18-5+/t13-/m1/s1. The van der Waals surface area contributed by atoms with Crippen molar-refractivity contribution in [2.75, 3.05) is 0 Å². The lowest BCUT2D eigenvalue weighted by molar-refractivity contribution is 0.942. The van der Waals surface area contributed by atoms with Crippen LogP contribution < -0.4 is 10.9 Å². The first-order valence-electron chi connectivity index (χ1n) is 8.19. The first kappa shape index (κ1) is 14.4. The summed E-state index contributed by atoms with van der Waals surface area (Å²) >= 11 is 0. The zero-order chi connectivity index (χ0) is 16.0. The van der Waals surface area contributed by atoms with Crippen LogP contribution in [0.15, 0.2) is 72.2 Å². The Morgan fingerprint density at radius 2 is 1.78 bits per heavy atom. The molecule has 0 aromatic heterocycles. The quantitative estimate of drug-likeness (QED) is 0.697. The molecule has 2 aliphatic heterocycles. The number of hydrogen-bond acceptors (Lipinski definition) is 0. The Morgan fingerprint density at radius 3 is 2.57 bits per heavy atom. The highest BCUT2D eigenvalue weighted by Crippen LogP contribution is 2.32. The maximum absolute atomic E-state index is 3.86. The molecule has 108 valence electrons. The molecule has 2 heteroatoms. The molecular formula is C21H18B2. The molecule has 0 saturated heterocycles. The largest absolute Gasteiger partial charge is 0.193 e. The molecule has 4 rings (SSSR count). The maximum Gasteiger partial charge on any atom is 0.193 e. The highest BCUT2D eigenvalue weighted by Gasteiger charge is 2.27. The van der Waals surface area contributed by atoms with Crippen molar-refractivity contribution >= 4 is 36.6 Å². The lowest BCUT2D eigenvalue weighted by atomic mass is 9.64. The van der Waals surface area contributed by atoms with Gasteiger partial charge in [-0.25, -0.2) is 0 Å². The molecule has 3 aliphatic rings. The third-order valence-electron chi connectivity index (χ3n) is 4.79. The first-order chi connectivity index (χ1) is 11.2. The van der Waals surface area contributed by atoms with Gasteiger partial charge in [-0.1, -0.05) is 90.0 Å². The summed E-state index contributed by atoms with van der Waals surface area (Å²) in [5.74, 6) is 0.496. The van der Waals surface area contributed by atoms with Gasteiger partial charge in [0.05, 0.1) is 0 Å². The normalized spacial score (nSPS) is 24.2. The fourth-order valence-electron chi connectivity index (χ4n) is 3.57. The Kier molecular flexibility index (Phi) is 3.41. The summed E-state index contributed by atoms with van der Waals surface area (Å²) in [4.78, 5) is 0. The Hall–Kier alpha value is -2.21. The fourth-order valence-corrected chi connectivity index (χ4v) is 3.57. The molecule has 0 fully saturated rings. The van der Waals surface area contributed by atoms with Gasteiger partial charge in [0, 0.05) is 0 Å². The van der Waals surface area contributed by atoms with Crippen LogP contribution in [0.4, 0.5) is 0 Å². The number of fused-ring (bicyclic) bond motifs is 3. The van der Waals surface area contributed by atoms with Crippen LogP contribution in [0.1, 0.15) is 25.0 Å². The smallest absolute Gasteiger partial charge is 0.0990 e. The van der Waals surface area contributed by atoms with Crippen LogP contribution in [0.2, 0.25) is 0 Å². The van der Waals surface area contributed by atoms with Crippen LogP contribution in [0.25, 0.3) is 11.1 Å². The molecule has 1 aliphatic carbocycles. The highest BCUT2D eigenvalue weighted by molar-refractivity contribution is 6.71. The zero-order valence-corrected chi connectivity index (χ0v) is 13.6. The molecule has 1 aromatic carbocycles. The van der Waals surface area contributed by atoms with Crippen LogP contribution in [0.3, 0.4) is 0 Å². The molecule has 0 saturated carbocycles. The molecule has 1 atom stereocenters. The van der Waals surface area contributed by atoms with Crippen molar-refractivity contribution < 1.29 is 0 Å². The van der Waals surface area contributed by atoms with Gasteiger partial charge in [-0.3, -0.25) is 0 Å². The Morgan fingerprint density at radius 1 is 1.04 bits per heavy atom. The molecule has 1 aromatic rings. The Balaban J connectivity index is 1.85. The van der Waals surface area contributed by atoms with E-state index in [2.05, 4.69) is 83.6 Å². The van der Waals surface area contributed by atoms with E-state index in [-0.39, 0.29) is 0 Å². The lowest BCUT2D eigenvalue weighted by Gasteiger charge is -2.08. The van der Waals surface area contributed by atoms with E-state index in [9.17, 15) is 0 Å². The third-order valence-corrected chi connectivity index (χ3v) is 4.79. The molecule has 0 bridgehead atoms. The van der Waals surface area contributed by atoms with E-state index in [4.69, 9.17) is 0 Å². The average Bonchev–Trinajstić information content (AvgIpc) is 3.00. The van der Waals surface area contributed by atoms with Crippen molar-refractivity contribution in [1.82, 2.24) is 0 Å². The predicted molar refractivity (Wildman–Crippen MR) is 104 cm³/mol. The summed E-state index contributed by atoms with van der Waals surface area (Å²) in [6.45, 7) is 8.17. The van der Waals surface area contributed by atoms with Crippen LogP contribution in [-0.2, 0) is 0 Å². The van der Waals surface area contributed by atoms with Crippen molar-refractivity contribution in [1.29, 1.82) is 0 Å². The molecule has 2 heterocycles. The van der Waals surface area contributed by atoms with Crippen LogP contribution in [-0.4, -0.2) is 14.6 Å². The second kappa shape index (κ2) is 5.45. The second-order valence-electron chi connectivity index (χ2n) is 6.32. The summed E-state index contributed by atoms with van der Waals surface area (Å²) in [5.41, 5.74) is 10.5. The van der Waals surface area contributed by atoms with E-state index in [1.807, 2.05) is 6.08 Å². The van der Waals surface area contributed by atoms with Gasteiger partial charge >= 0.3 is 0 Å².